The van der Waals surface area contributed by atoms with E-state index in [0.717, 1.165) is 22.5 Å². The van der Waals surface area contributed by atoms with Gasteiger partial charge in [0.25, 0.3) is 0 Å². The first-order chi connectivity index (χ1) is 6.77. The van der Waals surface area contributed by atoms with E-state index < -0.39 is 0 Å². The molecule has 0 amide bonds. The van der Waals surface area contributed by atoms with Crippen molar-refractivity contribution in [3.63, 3.8) is 0 Å². The predicted molar refractivity (Wildman–Crippen MR) is 68.0 cm³/mol. The van der Waals surface area contributed by atoms with E-state index >= 15 is 0 Å². The van der Waals surface area contributed by atoms with Crippen molar-refractivity contribution in [2.75, 3.05) is 11.5 Å². The Hall–Kier alpha value is -1.67. The molecule has 2 aromatic carbocycles. The van der Waals surface area contributed by atoms with Crippen molar-refractivity contribution < 1.29 is 0 Å². The lowest BCUT2D eigenvalue weighted by atomic mass is 10.0. The lowest BCUT2D eigenvalue weighted by Crippen LogP contribution is -1.92. The van der Waals surface area contributed by atoms with Gasteiger partial charge in [0.2, 0.25) is 0 Å². The van der Waals surface area contributed by atoms with Crippen LogP contribution in [0.4, 0.5) is 11.4 Å². The Morgan fingerprint density at radius 3 is 2.13 bits per heavy atom. The number of nitrogens with two attached hydrogens (primary N) is 2. The van der Waals surface area contributed by atoms with Gasteiger partial charge in [-0.2, -0.15) is 0 Å². The van der Waals surface area contributed by atoms with E-state index in [4.69, 9.17) is 11.5 Å². The summed E-state index contributed by atoms with van der Waals surface area (Å²) < 4.78 is 0. The molecule has 0 atom stereocenters. The van der Waals surface area contributed by atoms with Crippen LogP contribution in [0.3, 0.4) is 0 Å². The fourth-order valence-corrected chi connectivity index (χ4v) is 1.44. The van der Waals surface area contributed by atoms with Crippen LogP contribution in [0.15, 0.2) is 48.5 Å². The van der Waals surface area contributed by atoms with Crippen LogP contribution >= 0.6 is 12.4 Å². The number of anilines is 2. The molecule has 0 fully saturated rings. The second-order valence-electron chi connectivity index (χ2n) is 3.21. The van der Waals surface area contributed by atoms with Gasteiger partial charge < -0.3 is 11.5 Å². The number of hydrogen-bond donors (Lipinski definition) is 2. The first kappa shape index (κ1) is 11.4. The highest BCUT2D eigenvalue weighted by atomic mass is 35.5. The van der Waals surface area contributed by atoms with E-state index in [2.05, 4.69) is 0 Å². The summed E-state index contributed by atoms with van der Waals surface area (Å²) in [6, 6.07) is 15.5. The number of rotatable bonds is 1. The van der Waals surface area contributed by atoms with E-state index in [1.807, 2.05) is 48.5 Å². The van der Waals surface area contributed by atoms with E-state index in [0.29, 0.717) is 0 Å². The van der Waals surface area contributed by atoms with Gasteiger partial charge in [0.05, 0.1) is 0 Å². The topological polar surface area (TPSA) is 52.0 Å². The van der Waals surface area contributed by atoms with Crippen LogP contribution in [0.25, 0.3) is 11.1 Å². The molecule has 2 nitrogen and oxygen atoms in total. The average molecular weight is 221 g/mol. The monoisotopic (exact) mass is 220 g/mol. The van der Waals surface area contributed by atoms with Crippen LogP contribution in [0.5, 0.6) is 0 Å². The van der Waals surface area contributed by atoms with E-state index in [9.17, 15) is 0 Å². The van der Waals surface area contributed by atoms with Crippen molar-refractivity contribution >= 4 is 23.8 Å². The summed E-state index contributed by atoms with van der Waals surface area (Å²) in [7, 11) is 0. The average Bonchev–Trinajstić information content (AvgIpc) is 2.23. The van der Waals surface area contributed by atoms with Gasteiger partial charge in [0.15, 0.2) is 0 Å². The molecule has 78 valence electrons. The summed E-state index contributed by atoms with van der Waals surface area (Å²) in [6.45, 7) is 0. The van der Waals surface area contributed by atoms with Crippen LogP contribution in [0.2, 0.25) is 0 Å². The number of benzene rings is 2. The Bertz CT molecular complexity index is 441. The molecule has 0 aromatic heterocycles. The molecule has 2 aromatic rings. The van der Waals surface area contributed by atoms with Gasteiger partial charge in [-0.05, 0) is 23.8 Å². The molecule has 4 N–H and O–H groups in total. The first-order valence-electron chi connectivity index (χ1n) is 4.48. The van der Waals surface area contributed by atoms with Crippen LogP contribution in [0, 0.1) is 0 Å². The lowest BCUT2D eigenvalue weighted by Gasteiger charge is -2.06. The maximum atomic E-state index is 5.87. The third-order valence-corrected chi connectivity index (χ3v) is 2.16. The minimum atomic E-state index is 0. The maximum Gasteiger partial charge on any atom is 0.0395 e. The Morgan fingerprint density at radius 2 is 1.47 bits per heavy atom. The van der Waals surface area contributed by atoms with Gasteiger partial charge in [0, 0.05) is 16.9 Å². The third kappa shape index (κ3) is 2.42. The molecule has 0 saturated carbocycles. The summed E-state index contributed by atoms with van der Waals surface area (Å²) in [5.41, 5.74) is 15.2. The molecule has 2 rings (SSSR count). The Balaban J connectivity index is 0.00000112. The molecule has 3 heteroatoms. The largest absolute Gasteiger partial charge is 0.399 e. The quantitative estimate of drug-likeness (QED) is 0.726. The lowest BCUT2D eigenvalue weighted by molar-refractivity contribution is 1.60. The second-order valence-corrected chi connectivity index (χ2v) is 3.21. The molecule has 15 heavy (non-hydrogen) atoms. The summed E-state index contributed by atoms with van der Waals surface area (Å²) in [6.07, 6.45) is 0. The Morgan fingerprint density at radius 1 is 0.800 bits per heavy atom. The summed E-state index contributed by atoms with van der Waals surface area (Å²) in [4.78, 5) is 0. The minimum Gasteiger partial charge on any atom is -0.399 e. The molecule has 0 heterocycles. The van der Waals surface area contributed by atoms with Gasteiger partial charge in [-0.1, -0.05) is 30.3 Å². The fourth-order valence-electron chi connectivity index (χ4n) is 1.44. The molecule has 0 aliphatic heterocycles. The van der Waals surface area contributed by atoms with Crippen molar-refractivity contribution in [2.24, 2.45) is 0 Å². The van der Waals surface area contributed by atoms with Crippen LogP contribution in [-0.2, 0) is 0 Å². The molecule has 0 aliphatic rings. The van der Waals surface area contributed by atoms with Gasteiger partial charge >= 0.3 is 0 Å². The maximum absolute atomic E-state index is 5.87. The van der Waals surface area contributed by atoms with Gasteiger partial charge in [0.1, 0.15) is 0 Å². The molecule has 0 spiro atoms. The summed E-state index contributed by atoms with van der Waals surface area (Å²) >= 11 is 0. The molecule has 0 radical (unpaired) electrons. The van der Waals surface area contributed by atoms with E-state index in [1.165, 1.54) is 0 Å². The van der Waals surface area contributed by atoms with Crippen molar-refractivity contribution in [1.82, 2.24) is 0 Å². The highest BCUT2D eigenvalue weighted by molar-refractivity contribution is 5.85. The summed E-state index contributed by atoms with van der Waals surface area (Å²) in [5.74, 6) is 0. The van der Waals surface area contributed by atoms with Gasteiger partial charge in [-0.3, -0.25) is 0 Å². The van der Waals surface area contributed by atoms with Crippen LogP contribution in [0.1, 0.15) is 0 Å². The van der Waals surface area contributed by atoms with E-state index in [1.54, 1.807) is 0 Å². The fraction of sp³-hybridized carbons (Fsp3) is 0. The van der Waals surface area contributed by atoms with Crippen molar-refractivity contribution in [3.8, 4) is 11.1 Å². The van der Waals surface area contributed by atoms with Crippen molar-refractivity contribution in [2.45, 2.75) is 0 Å². The van der Waals surface area contributed by atoms with Crippen molar-refractivity contribution in [1.29, 1.82) is 0 Å². The minimum absolute atomic E-state index is 0. The van der Waals surface area contributed by atoms with Crippen LogP contribution in [-0.4, -0.2) is 0 Å². The zero-order valence-electron chi connectivity index (χ0n) is 8.18. The SMILES string of the molecule is Cl.Nc1ccc(N)c(-c2ccccc2)c1. The highest BCUT2D eigenvalue weighted by Gasteiger charge is 2.01. The third-order valence-electron chi connectivity index (χ3n) is 2.16. The van der Waals surface area contributed by atoms with E-state index in [-0.39, 0.29) is 12.4 Å². The zero-order valence-corrected chi connectivity index (χ0v) is 9.00. The van der Waals surface area contributed by atoms with Gasteiger partial charge in [-0.15, -0.1) is 12.4 Å². The normalized spacial score (nSPS) is 9.33. The second kappa shape index (κ2) is 4.71. The summed E-state index contributed by atoms with van der Waals surface area (Å²) in [5, 5.41) is 0. The smallest absolute Gasteiger partial charge is 0.0395 e. The molecular weight excluding hydrogens is 208 g/mol. The molecular formula is C12H13ClN2. The molecule has 0 unspecified atom stereocenters. The number of halogens is 1. The Labute approximate surface area is 95.3 Å². The molecule has 0 bridgehead atoms. The number of nitrogen functional groups attached to an aromatic ring is 2. The Kier molecular flexibility index (Phi) is 3.58. The molecule has 0 aliphatic carbocycles. The standard InChI is InChI=1S/C12H12N2.ClH/c13-10-6-7-12(14)11(8-10)9-4-2-1-3-5-9;/h1-8H,13-14H2;1H. The molecule has 0 saturated heterocycles. The van der Waals surface area contributed by atoms with Crippen molar-refractivity contribution in [3.05, 3.63) is 48.5 Å². The number of hydrogen-bond acceptors (Lipinski definition) is 2. The van der Waals surface area contributed by atoms with Gasteiger partial charge in [-0.25, -0.2) is 0 Å². The van der Waals surface area contributed by atoms with Crippen LogP contribution < -0.4 is 11.5 Å². The predicted octanol–water partition coefficient (Wildman–Crippen LogP) is 2.94. The highest BCUT2D eigenvalue weighted by Crippen LogP contribution is 2.27. The zero-order chi connectivity index (χ0) is 9.97. The first-order valence-corrected chi connectivity index (χ1v) is 4.48.